The van der Waals surface area contributed by atoms with E-state index in [2.05, 4.69) is 30.9 Å². The van der Waals surface area contributed by atoms with E-state index >= 15 is 0 Å². The van der Waals surface area contributed by atoms with Crippen LogP contribution in [0.15, 0.2) is 49.1 Å². The molecule has 1 saturated carbocycles. The molecule has 5 aromatic rings. The number of hydrogen-bond acceptors (Lipinski definition) is 9. The fourth-order valence-electron chi connectivity index (χ4n) is 4.57. The molecule has 1 aliphatic carbocycles. The lowest BCUT2D eigenvalue weighted by atomic mass is 10.1. The smallest absolute Gasteiger partial charge is 0.259 e. The molecule has 0 radical (unpaired) electrons. The van der Waals surface area contributed by atoms with Crippen molar-refractivity contribution in [1.29, 1.82) is 0 Å². The number of pyridine rings is 1. The highest BCUT2D eigenvalue weighted by molar-refractivity contribution is 6.34. The third kappa shape index (κ3) is 6.04. The molecule has 4 aromatic heterocycles. The zero-order valence-corrected chi connectivity index (χ0v) is 23.9. The number of benzene rings is 1. The minimum atomic E-state index is -0.711. The van der Waals surface area contributed by atoms with Crippen molar-refractivity contribution in [3.05, 3.63) is 65.2 Å². The van der Waals surface area contributed by atoms with E-state index in [1.807, 2.05) is 25.3 Å². The first-order valence-corrected chi connectivity index (χ1v) is 13.9. The molecule has 4 heterocycles. The Balaban J connectivity index is 1.19. The van der Waals surface area contributed by atoms with Crippen LogP contribution >= 0.6 is 11.6 Å². The van der Waals surface area contributed by atoms with Gasteiger partial charge < -0.3 is 19.9 Å². The van der Waals surface area contributed by atoms with Crippen LogP contribution < -0.4 is 5.32 Å². The number of aryl methyl sites for hydroxylation is 1. The van der Waals surface area contributed by atoms with Crippen LogP contribution in [0.3, 0.4) is 0 Å². The molecule has 218 valence electrons. The van der Waals surface area contributed by atoms with E-state index in [9.17, 15) is 9.90 Å². The number of tetrazole rings is 1. The maximum atomic E-state index is 13.4. The zero-order valence-electron chi connectivity index (χ0n) is 23.1. The molecule has 6 rings (SSSR count). The second-order valence-corrected chi connectivity index (χ2v) is 10.6. The number of aliphatic hydroxyl groups is 1. The summed E-state index contributed by atoms with van der Waals surface area (Å²) in [5, 5.41) is 35.2. The second-order valence-electron chi connectivity index (χ2n) is 10.2. The van der Waals surface area contributed by atoms with E-state index in [0.717, 1.165) is 35.1 Å². The Bertz CT molecular complexity index is 1730. The Labute approximate surface area is 246 Å². The van der Waals surface area contributed by atoms with E-state index in [0.29, 0.717) is 46.9 Å². The number of ether oxygens (including phenoxy) is 2. The molecule has 0 spiro atoms. The third-order valence-electron chi connectivity index (χ3n) is 6.98. The van der Waals surface area contributed by atoms with Gasteiger partial charge in [0, 0.05) is 30.6 Å². The standard InChI is InChI=1S/C28H30ClN9O4/c1-17-9-24(29)25(11-22(17)27-33-35-38(34-27)20-3-4-20)32-28(40)23-13-31-37-6-5-18(10-26(23)37)19-12-30-36(14-19)15-21(39)16-42-8-7-41-2/h5-6,9-14,20-21,39H,3-4,7-8,15-16H2,1-2H3,(H,32,40). The van der Waals surface area contributed by atoms with E-state index in [1.54, 1.807) is 45.6 Å². The lowest BCUT2D eigenvalue weighted by Crippen LogP contribution is -2.23. The zero-order chi connectivity index (χ0) is 29.2. The molecule has 1 aromatic carbocycles. The lowest BCUT2D eigenvalue weighted by Gasteiger charge is -2.11. The number of hydrogen-bond donors (Lipinski definition) is 2. The van der Waals surface area contributed by atoms with Gasteiger partial charge in [-0.05, 0) is 60.4 Å². The molecule has 1 unspecified atom stereocenters. The van der Waals surface area contributed by atoms with Gasteiger partial charge in [-0.3, -0.25) is 9.48 Å². The SMILES string of the molecule is COCCOCC(O)Cn1cc(-c2ccn3ncc(C(=O)Nc4cc(-c5nnn(C6CC6)n5)c(C)cc4Cl)c3c2)cn1. The maximum Gasteiger partial charge on any atom is 0.259 e. The molecule has 42 heavy (non-hydrogen) atoms. The van der Waals surface area contributed by atoms with Crippen molar-refractivity contribution in [2.24, 2.45) is 0 Å². The highest BCUT2D eigenvalue weighted by Crippen LogP contribution is 2.35. The lowest BCUT2D eigenvalue weighted by molar-refractivity contribution is 0.00598. The van der Waals surface area contributed by atoms with E-state index in [4.69, 9.17) is 21.1 Å². The van der Waals surface area contributed by atoms with Crippen LogP contribution in [0, 0.1) is 6.92 Å². The van der Waals surface area contributed by atoms with Crippen molar-refractivity contribution < 1.29 is 19.4 Å². The van der Waals surface area contributed by atoms with Crippen LogP contribution in [0.2, 0.25) is 5.02 Å². The highest BCUT2D eigenvalue weighted by atomic mass is 35.5. The summed E-state index contributed by atoms with van der Waals surface area (Å²) in [7, 11) is 1.60. The minimum Gasteiger partial charge on any atom is -0.389 e. The number of nitrogens with zero attached hydrogens (tertiary/aromatic N) is 8. The summed E-state index contributed by atoms with van der Waals surface area (Å²) in [4.78, 5) is 15.1. The average molecular weight is 592 g/mol. The second kappa shape index (κ2) is 12.0. The van der Waals surface area contributed by atoms with Gasteiger partial charge in [0.2, 0.25) is 5.82 Å². The average Bonchev–Trinajstić information content (AvgIpc) is 3.33. The number of methoxy groups -OCH3 is 1. The first-order valence-electron chi connectivity index (χ1n) is 13.6. The first kappa shape index (κ1) is 28.0. The van der Waals surface area contributed by atoms with Crippen molar-refractivity contribution in [2.75, 3.05) is 32.2 Å². The molecular formula is C28H30ClN9O4. The molecule has 0 bridgehead atoms. The van der Waals surface area contributed by atoms with Crippen LogP contribution in [0.1, 0.15) is 34.8 Å². The van der Waals surface area contributed by atoms with Gasteiger partial charge in [0.15, 0.2) is 0 Å². The molecule has 14 heteroatoms. The minimum absolute atomic E-state index is 0.183. The Hall–Kier alpha value is -4.17. The Kier molecular flexibility index (Phi) is 7.98. The molecule has 0 saturated heterocycles. The molecule has 1 fully saturated rings. The number of carbonyl (C=O) groups excluding carboxylic acids is 1. The number of halogens is 1. The van der Waals surface area contributed by atoms with E-state index in [1.165, 1.54) is 6.20 Å². The predicted molar refractivity (Wildman–Crippen MR) is 154 cm³/mol. The number of amides is 1. The summed E-state index contributed by atoms with van der Waals surface area (Å²) in [6.45, 7) is 3.26. The van der Waals surface area contributed by atoms with Crippen molar-refractivity contribution in [3.8, 4) is 22.5 Å². The molecule has 1 aliphatic rings. The number of fused-ring (bicyclic) bond motifs is 1. The van der Waals surface area contributed by atoms with Gasteiger partial charge in [-0.25, -0.2) is 4.52 Å². The van der Waals surface area contributed by atoms with Crippen LogP contribution in [0.25, 0.3) is 28.0 Å². The van der Waals surface area contributed by atoms with Crippen molar-refractivity contribution in [3.63, 3.8) is 0 Å². The predicted octanol–water partition coefficient (Wildman–Crippen LogP) is 3.42. The van der Waals surface area contributed by atoms with Crippen LogP contribution in [0.4, 0.5) is 5.69 Å². The van der Waals surface area contributed by atoms with Gasteiger partial charge in [-0.15, -0.1) is 10.2 Å². The maximum absolute atomic E-state index is 13.4. The van der Waals surface area contributed by atoms with Gasteiger partial charge in [0.05, 0.1) is 72.7 Å². The van der Waals surface area contributed by atoms with Crippen molar-refractivity contribution in [2.45, 2.75) is 38.5 Å². The quantitative estimate of drug-likeness (QED) is 0.208. The van der Waals surface area contributed by atoms with E-state index < -0.39 is 6.10 Å². The monoisotopic (exact) mass is 591 g/mol. The van der Waals surface area contributed by atoms with Crippen LogP contribution in [-0.4, -0.2) is 83.6 Å². The number of anilines is 1. The largest absolute Gasteiger partial charge is 0.389 e. The Morgan fingerprint density at radius 2 is 2.05 bits per heavy atom. The first-order chi connectivity index (χ1) is 20.4. The fraction of sp³-hybridized carbons (Fsp3) is 0.357. The van der Waals surface area contributed by atoms with Gasteiger partial charge in [0.25, 0.3) is 5.91 Å². The van der Waals surface area contributed by atoms with Crippen LogP contribution in [0.5, 0.6) is 0 Å². The molecular weight excluding hydrogens is 562 g/mol. The van der Waals surface area contributed by atoms with Gasteiger partial charge in [-0.2, -0.15) is 15.0 Å². The summed E-state index contributed by atoms with van der Waals surface area (Å²) in [5.41, 5.74) is 4.72. The molecule has 2 N–H and O–H groups in total. The Morgan fingerprint density at radius 1 is 1.19 bits per heavy atom. The molecule has 0 aliphatic heterocycles. The summed E-state index contributed by atoms with van der Waals surface area (Å²) >= 11 is 6.53. The van der Waals surface area contributed by atoms with Gasteiger partial charge >= 0.3 is 0 Å². The number of aliphatic hydroxyl groups excluding tert-OH is 1. The third-order valence-corrected chi connectivity index (χ3v) is 7.29. The van der Waals surface area contributed by atoms with Gasteiger partial charge in [0.1, 0.15) is 0 Å². The normalized spacial score (nSPS) is 14.0. The molecule has 1 amide bonds. The summed E-state index contributed by atoms with van der Waals surface area (Å²) in [5.74, 6) is 0.125. The molecule has 1 atom stereocenters. The van der Waals surface area contributed by atoms with Gasteiger partial charge in [-0.1, -0.05) is 11.6 Å². The number of carbonyl (C=O) groups is 1. The van der Waals surface area contributed by atoms with Crippen molar-refractivity contribution >= 4 is 28.7 Å². The number of nitrogens with one attached hydrogen (secondary N) is 1. The van der Waals surface area contributed by atoms with Crippen LogP contribution in [-0.2, 0) is 16.0 Å². The van der Waals surface area contributed by atoms with Crippen molar-refractivity contribution in [1.82, 2.24) is 39.6 Å². The van der Waals surface area contributed by atoms with E-state index in [-0.39, 0.29) is 19.1 Å². The number of aromatic nitrogens is 8. The summed E-state index contributed by atoms with van der Waals surface area (Å²) < 4.78 is 13.6. The highest BCUT2D eigenvalue weighted by Gasteiger charge is 2.27. The Morgan fingerprint density at radius 3 is 2.86 bits per heavy atom. The summed E-state index contributed by atoms with van der Waals surface area (Å²) in [6, 6.07) is 7.62. The fourth-order valence-corrected chi connectivity index (χ4v) is 4.84. The number of rotatable bonds is 12. The topological polar surface area (TPSA) is 147 Å². The molecule has 13 nitrogen and oxygen atoms in total. The summed E-state index contributed by atoms with van der Waals surface area (Å²) in [6.07, 6.45) is 8.23.